The molecule has 3 heteroatoms. The quantitative estimate of drug-likeness (QED) is 0.721. The first-order valence-corrected chi connectivity index (χ1v) is 5.41. The molecule has 1 aliphatic rings. The smallest absolute Gasteiger partial charge is 0.216 e. The Hall–Kier alpha value is -0.960. The van der Waals surface area contributed by atoms with E-state index in [-0.39, 0.29) is 11.9 Å². The van der Waals surface area contributed by atoms with E-state index in [1.807, 2.05) is 6.92 Å². The third kappa shape index (κ3) is 2.34. The molecule has 1 saturated carbocycles. The summed E-state index contributed by atoms with van der Waals surface area (Å²) in [6.07, 6.45) is 4.80. The van der Waals surface area contributed by atoms with E-state index in [4.69, 9.17) is 0 Å². The van der Waals surface area contributed by atoms with Crippen molar-refractivity contribution >= 4 is 0 Å². The minimum absolute atomic E-state index is 0.113. The predicted octanol–water partition coefficient (Wildman–Crippen LogP) is 2.63. The summed E-state index contributed by atoms with van der Waals surface area (Å²) in [5, 5.41) is 9.95. The Morgan fingerprint density at radius 1 is 1.60 bits per heavy atom. The summed E-state index contributed by atoms with van der Waals surface area (Å²) in [7, 11) is 0. The second-order valence-corrected chi connectivity index (χ2v) is 4.67. The zero-order valence-corrected chi connectivity index (χ0v) is 8.91. The largest absolute Gasteiger partial charge is 0.390 e. The van der Waals surface area contributed by atoms with Crippen LogP contribution in [0.1, 0.15) is 44.1 Å². The van der Waals surface area contributed by atoms with Crippen molar-refractivity contribution < 1.29 is 9.50 Å². The lowest BCUT2D eigenvalue weighted by Gasteiger charge is -2.34. The standard InChI is InChI=1S/C12H16FNO/c1-12(15)6-2-4-9(8-12)10-5-3-7-14-11(10)13/h3,5,7,9,15H,2,4,6,8H2,1H3. The first kappa shape index (κ1) is 10.6. The van der Waals surface area contributed by atoms with Crippen LogP contribution in [0, 0.1) is 5.95 Å². The van der Waals surface area contributed by atoms with Gasteiger partial charge in [-0.3, -0.25) is 0 Å². The monoisotopic (exact) mass is 209 g/mol. The van der Waals surface area contributed by atoms with Crippen LogP contribution in [0.25, 0.3) is 0 Å². The second kappa shape index (κ2) is 3.89. The van der Waals surface area contributed by atoms with Gasteiger partial charge in [-0.1, -0.05) is 6.07 Å². The Kier molecular flexibility index (Phi) is 2.74. The topological polar surface area (TPSA) is 33.1 Å². The maximum absolute atomic E-state index is 13.4. The first-order valence-electron chi connectivity index (χ1n) is 5.41. The number of pyridine rings is 1. The molecule has 2 rings (SSSR count). The number of aliphatic hydroxyl groups is 1. The minimum Gasteiger partial charge on any atom is -0.390 e. The molecule has 2 atom stereocenters. The highest BCUT2D eigenvalue weighted by Crippen LogP contribution is 2.38. The Bertz CT molecular complexity index is 351. The van der Waals surface area contributed by atoms with E-state index in [0.717, 1.165) is 19.3 Å². The zero-order valence-electron chi connectivity index (χ0n) is 8.91. The van der Waals surface area contributed by atoms with Gasteiger partial charge >= 0.3 is 0 Å². The maximum Gasteiger partial charge on any atom is 0.216 e. The number of hydrogen-bond donors (Lipinski definition) is 1. The van der Waals surface area contributed by atoms with Gasteiger partial charge in [0, 0.05) is 11.8 Å². The van der Waals surface area contributed by atoms with Gasteiger partial charge in [0.1, 0.15) is 0 Å². The molecule has 0 amide bonds. The molecule has 1 aromatic rings. The van der Waals surface area contributed by atoms with Gasteiger partial charge in [-0.15, -0.1) is 0 Å². The second-order valence-electron chi connectivity index (χ2n) is 4.67. The van der Waals surface area contributed by atoms with Crippen molar-refractivity contribution in [3.8, 4) is 0 Å². The molecule has 0 saturated heterocycles. The molecule has 0 aliphatic heterocycles. The van der Waals surface area contributed by atoms with Crippen molar-refractivity contribution in [3.05, 3.63) is 29.8 Å². The van der Waals surface area contributed by atoms with E-state index in [1.165, 1.54) is 6.20 Å². The van der Waals surface area contributed by atoms with Gasteiger partial charge in [-0.2, -0.15) is 4.39 Å². The highest BCUT2D eigenvalue weighted by atomic mass is 19.1. The maximum atomic E-state index is 13.4. The Morgan fingerprint density at radius 2 is 2.40 bits per heavy atom. The first-order chi connectivity index (χ1) is 7.08. The number of nitrogens with zero attached hydrogens (tertiary/aromatic N) is 1. The van der Waals surface area contributed by atoms with Crippen molar-refractivity contribution in [1.29, 1.82) is 0 Å². The molecule has 0 radical (unpaired) electrons. The van der Waals surface area contributed by atoms with Crippen LogP contribution in [0.2, 0.25) is 0 Å². The highest BCUT2D eigenvalue weighted by molar-refractivity contribution is 5.18. The molecule has 2 unspecified atom stereocenters. The molecular weight excluding hydrogens is 193 g/mol. The van der Waals surface area contributed by atoms with E-state index in [2.05, 4.69) is 4.98 Å². The van der Waals surface area contributed by atoms with Crippen LogP contribution in [0.15, 0.2) is 18.3 Å². The average molecular weight is 209 g/mol. The van der Waals surface area contributed by atoms with Crippen molar-refractivity contribution in [3.63, 3.8) is 0 Å². The van der Waals surface area contributed by atoms with E-state index in [0.29, 0.717) is 12.0 Å². The number of aromatic nitrogens is 1. The normalized spacial score (nSPS) is 31.5. The van der Waals surface area contributed by atoms with Gasteiger partial charge < -0.3 is 5.11 Å². The van der Waals surface area contributed by atoms with Crippen LogP contribution in [-0.4, -0.2) is 15.7 Å². The third-order valence-corrected chi connectivity index (χ3v) is 3.18. The molecule has 2 nitrogen and oxygen atoms in total. The van der Waals surface area contributed by atoms with Crippen molar-refractivity contribution in [2.24, 2.45) is 0 Å². The zero-order chi connectivity index (χ0) is 10.9. The van der Waals surface area contributed by atoms with Crippen molar-refractivity contribution in [2.75, 3.05) is 0 Å². The fourth-order valence-electron chi connectivity index (χ4n) is 2.43. The predicted molar refractivity (Wildman–Crippen MR) is 56.0 cm³/mol. The summed E-state index contributed by atoms with van der Waals surface area (Å²) in [5.74, 6) is -0.275. The Labute approximate surface area is 89.2 Å². The van der Waals surface area contributed by atoms with Gasteiger partial charge in [-0.25, -0.2) is 4.98 Å². The fraction of sp³-hybridized carbons (Fsp3) is 0.583. The van der Waals surface area contributed by atoms with Crippen LogP contribution in [-0.2, 0) is 0 Å². The fourth-order valence-corrected chi connectivity index (χ4v) is 2.43. The summed E-state index contributed by atoms with van der Waals surface area (Å²) >= 11 is 0. The lowest BCUT2D eigenvalue weighted by Crippen LogP contribution is -2.31. The third-order valence-electron chi connectivity index (χ3n) is 3.18. The summed E-state index contributed by atoms with van der Waals surface area (Å²) in [5.41, 5.74) is 0.00282. The number of halogens is 1. The average Bonchev–Trinajstić information content (AvgIpc) is 2.17. The van der Waals surface area contributed by atoms with Gasteiger partial charge in [0.2, 0.25) is 5.95 Å². The lowest BCUT2D eigenvalue weighted by molar-refractivity contribution is 0.0140. The van der Waals surface area contributed by atoms with E-state index in [9.17, 15) is 9.50 Å². The van der Waals surface area contributed by atoms with Crippen LogP contribution in [0.5, 0.6) is 0 Å². The lowest BCUT2D eigenvalue weighted by atomic mass is 9.76. The van der Waals surface area contributed by atoms with E-state index in [1.54, 1.807) is 12.1 Å². The molecule has 15 heavy (non-hydrogen) atoms. The van der Waals surface area contributed by atoms with Crippen molar-refractivity contribution in [2.45, 2.75) is 44.1 Å². The molecule has 1 aromatic heterocycles. The molecule has 0 aromatic carbocycles. The van der Waals surface area contributed by atoms with Gasteiger partial charge in [0.15, 0.2) is 0 Å². The van der Waals surface area contributed by atoms with Crippen LogP contribution in [0.3, 0.4) is 0 Å². The van der Waals surface area contributed by atoms with Crippen LogP contribution in [0.4, 0.5) is 4.39 Å². The highest BCUT2D eigenvalue weighted by Gasteiger charge is 2.31. The van der Waals surface area contributed by atoms with E-state index < -0.39 is 5.60 Å². The molecule has 1 aliphatic carbocycles. The molecule has 1 N–H and O–H groups in total. The Morgan fingerprint density at radius 3 is 3.07 bits per heavy atom. The van der Waals surface area contributed by atoms with Crippen molar-refractivity contribution in [1.82, 2.24) is 4.98 Å². The van der Waals surface area contributed by atoms with Gasteiger partial charge in [0.25, 0.3) is 0 Å². The summed E-state index contributed by atoms with van der Waals surface area (Å²) in [4.78, 5) is 3.65. The Balaban J connectivity index is 2.21. The molecular formula is C12H16FNO. The molecule has 1 fully saturated rings. The van der Waals surface area contributed by atoms with Gasteiger partial charge in [-0.05, 0) is 44.6 Å². The molecule has 0 bridgehead atoms. The number of rotatable bonds is 1. The molecule has 1 heterocycles. The van der Waals surface area contributed by atoms with Crippen LogP contribution < -0.4 is 0 Å². The molecule has 82 valence electrons. The SMILES string of the molecule is CC1(O)CCCC(c2cccnc2F)C1. The van der Waals surface area contributed by atoms with Gasteiger partial charge in [0.05, 0.1) is 5.60 Å². The van der Waals surface area contributed by atoms with E-state index >= 15 is 0 Å². The number of hydrogen-bond acceptors (Lipinski definition) is 2. The summed E-state index contributed by atoms with van der Waals surface area (Å²) in [6.45, 7) is 1.83. The van der Waals surface area contributed by atoms with Crippen LogP contribution >= 0.6 is 0 Å². The summed E-state index contributed by atoms with van der Waals surface area (Å²) in [6, 6.07) is 3.52. The minimum atomic E-state index is -0.648. The summed E-state index contributed by atoms with van der Waals surface area (Å²) < 4.78 is 13.4. The molecule has 0 spiro atoms.